The molecular weight excluding hydrogens is 320 g/mol. The van der Waals surface area contributed by atoms with E-state index in [4.69, 9.17) is 5.73 Å². The van der Waals surface area contributed by atoms with Gasteiger partial charge in [-0.25, -0.2) is 8.42 Å². The Morgan fingerprint density at radius 2 is 1.86 bits per heavy atom. The maximum absolute atomic E-state index is 12.8. The minimum atomic E-state index is -3.42. The molecule has 1 fully saturated rings. The van der Waals surface area contributed by atoms with E-state index in [1.54, 1.807) is 16.4 Å². The fourth-order valence-electron chi connectivity index (χ4n) is 2.91. The van der Waals surface area contributed by atoms with E-state index in [0.717, 1.165) is 23.6 Å². The van der Waals surface area contributed by atoms with Crippen molar-refractivity contribution in [2.45, 2.75) is 17.7 Å². The molecule has 0 amide bonds. The molecule has 1 heterocycles. The standard InChI is InChI=1S/C16H20N2O2S.ClH/c17-11-13-4-3-9-18(12-13)21(19,20)16-8-7-14-5-1-2-6-15(14)10-16;/h1-2,5-8,10,13H,3-4,9,11-12,17H2;1H. The number of hydrogen-bond acceptors (Lipinski definition) is 3. The van der Waals surface area contributed by atoms with Crippen LogP contribution < -0.4 is 5.73 Å². The molecule has 2 N–H and O–H groups in total. The predicted octanol–water partition coefficient (Wildman–Crippen LogP) is 2.62. The Labute approximate surface area is 137 Å². The van der Waals surface area contributed by atoms with Gasteiger partial charge in [0.1, 0.15) is 0 Å². The molecule has 22 heavy (non-hydrogen) atoms. The van der Waals surface area contributed by atoms with Crippen LogP contribution in [0.2, 0.25) is 0 Å². The van der Waals surface area contributed by atoms with E-state index in [1.807, 2.05) is 30.3 Å². The van der Waals surface area contributed by atoms with Crippen LogP contribution in [0, 0.1) is 5.92 Å². The van der Waals surface area contributed by atoms with Crippen molar-refractivity contribution in [2.75, 3.05) is 19.6 Å². The molecule has 0 aliphatic carbocycles. The first-order chi connectivity index (χ1) is 10.1. The summed E-state index contributed by atoms with van der Waals surface area (Å²) in [6.45, 7) is 1.67. The molecule has 2 aromatic rings. The van der Waals surface area contributed by atoms with E-state index < -0.39 is 10.0 Å². The van der Waals surface area contributed by atoms with Crippen LogP contribution in [0.4, 0.5) is 0 Å². The first kappa shape index (κ1) is 17.2. The zero-order valence-electron chi connectivity index (χ0n) is 12.3. The van der Waals surface area contributed by atoms with Crippen LogP contribution >= 0.6 is 12.4 Å². The number of nitrogens with zero attached hydrogens (tertiary/aromatic N) is 1. The molecule has 3 rings (SSSR count). The van der Waals surface area contributed by atoms with Crippen LogP contribution in [-0.4, -0.2) is 32.4 Å². The van der Waals surface area contributed by atoms with Gasteiger partial charge in [-0.15, -0.1) is 12.4 Å². The van der Waals surface area contributed by atoms with E-state index in [9.17, 15) is 8.42 Å². The highest BCUT2D eigenvalue weighted by Gasteiger charge is 2.29. The summed E-state index contributed by atoms with van der Waals surface area (Å²) < 4.78 is 27.1. The van der Waals surface area contributed by atoms with Gasteiger partial charge in [0.2, 0.25) is 10.0 Å². The monoisotopic (exact) mass is 340 g/mol. The minimum absolute atomic E-state index is 0. The molecule has 0 spiro atoms. The van der Waals surface area contributed by atoms with Crippen molar-refractivity contribution in [1.29, 1.82) is 0 Å². The predicted molar refractivity (Wildman–Crippen MR) is 91.7 cm³/mol. The van der Waals surface area contributed by atoms with E-state index in [-0.39, 0.29) is 18.3 Å². The lowest BCUT2D eigenvalue weighted by Gasteiger charge is -2.31. The third-order valence-corrected chi connectivity index (χ3v) is 6.03. The second-order valence-corrected chi connectivity index (χ2v) is 7.55. The highest BCUT2D eigenvalue weighted by molar-refractivity contribution is 7.89. The average molecular weight is 341 g/mol. The molecule has 120 valence electrons. The number of benzene rings is 2. The molecule has 1 atom stereocenters. The normalized spacial score (nSPS) is 19.8. The molecule has 1 unspecified atom stereocenters. The highest BCUT2D eigenvalue weighted by Crippen LogP contribution is 2.25. The van der Waals surface area contributed by atoms with Gasteiger partial charge in [0.25, 0.3) is 0 Å². The van der Waals surface area contributed by atoms with Crippen LogP contribution in [0.1, 0.15) is 12.8 Å². The first-order valence-corrected chi connectivity index (χ1v) is 8.74. The van der Waals surface area contributed by atoms with Crippen molar-refractivity contribution in [3.63, 3.8) is 0 Å². The van der Waals surface area contributed by atoms with E-state index in [2.05, 4.69) is 0 Å². The third-order valence-electron chi connectivity index (χ3n) is 4.17. The molecule has 0 bridgehead atoms. The summed E-state index contributed by atoms with van der Waals surface area (Å²) in [7, 11) is -3.42. The second-order valence-electron chi connectivity index (χ2n) is 5.62. The number of hydrogen-bond donors (Lipinski definition) is 1. The van der Waals surface area contributed by atoms with Crippen molar-refractivity contribution in [2.24, 2.45) is 11.7 Å². The van der Waals surface area contributed by atoms with E-state index >= 15 is 0 Å². The maximum Gasteiger partial charge on any atom is 0.243 e. The Morgan fingerprint density at radius 3 is 2.59 bits per heavy atom. The Hall–Kier alpha value is -1.14. The quantitative estimate of drug-likeness (QED) is 0.934. The summed E-state index contributed by atoms with van der Waals surface area (Å²) in [6, 6.07) is 13.1. The number of piperidine rings is 1. The molecule has 4 nitrogen and oxygen atoms in total. The van der Waals surface area contributed by atoms with Gasteiger partial charge in [-0.1, -0.05) is 30.3 Å². The van der Waals surface area contributed by atoms with Crippen LogP contribution in [0.15, 0.2) is 47.4 Å². The smallest absolute Gasteiger partial charge is 0.243 e. The summed E-state index contributed by atoms with van der Waals surface area (Å²) in [6.07, 6.45) is 1.90. The molecule has 0 saturated carbocycles. The van der Waals surface area contributed by atoms with Crippen LogP contribution in [-0.2, 0) is 10.0 Å². The van der Waals surface area contributed by atoms with Gasteiger partial charge in [0, 0.05) is 13.1 Å². The fourth-order valence-corrected chi connectivity index (χ4v) is 4.51. The van der Waals surface area contributed by atoms with Crippen LogP contribution in [0.25, 0.3) is 10.8 Å². The van der Waals surface area contributed by atoms with Crippen molar-refractivity contribution in [3.8, 4) is 0 Å². The summed E-state index contributed by atoms with van der Waals surface area (Å²) in [5, 5.41) is 2.00. The van der Waals surface area contributed by atoms with Gasteiger partial charge in [0.15, 0.2) is 0 Å². The maximum atomic E-state index is 12.8. The lowest BCUT2D eigenvalue weighted by molar-refractivity contribution is 0.271. The van der Waals surface area contributed by atoms with Gasteiger partial charge in [-0.2, -0.15) is 4.31 Å². The van der Waals surface area contributed by atoms with Crippen molar-refractivity contribution in [3.05, 3.63) is 42.5 Å². The largest absolute Gasteiger partial charge is 0.330 e. The second kappa shape index (κ2) is 6.96. The van der Waals surface area contributed by atoms with Gasteiger partial charge >= 0.3 is 0 Å². The Balaban J connectivity index is 0.00000176. The number of rotatable bonds is 3. The molecule has 0 radical (unpaired) electrons. The molecule has 0 aromatic heterocycles. The van der Waals surface area contributed by atoms with Gasteiger partial charge in [0.05, 0.1) is 4.90 Å². The van der Waals surface area contributed by atoms with Gasteiger partial charge in [-0.3, -0.25) is 0 Å². The van der Waals surface area contributed by atoms with E-state index in [1.165, 1.54) is 0 Å². The van der Waals surface area contributed by atoms with E-state index in [0.29, 0.717) is 24.5 Å². The Morgan fingerprint density at radius 1 is 1.14 bits per heavy atom. The zero-order chi connectivity index (χ0) is 14.9. The molecule has 1 aliphatic rings. The average Bonchev–Trinajstić information content (AvgIpc) is 2.54. The number of sulfonamides is 1. The zero-order valence-corrected chi connectivity index (χ0v) is 13.9. The summed E-state index contributed by atoms with van der Waals surface area (Å²) in [5.74, 6) is 0.272. The summed E-state index contributed by atoms with van der Waals surface area (Å²) in [5.41, 5.74) is 5.70. The van der Waals surface area contributed by atoms with Crippen molar-refractivity contribution >= 4 is 33.2 Å². The van der Waals surface area contributed by atoms with Crippen molar-refractivity contribution in [1.82, 2.24) is 4.31 Å². The molecular formula is C16H21ClN2O2S. The summed E-state index contributed by atoms with van der Waals surface area (Å²) in [4.78, 5) is 0.374. The lowest BCUT2D eigenvalue weighted by atomic mass is 10.0. The highest BCUT2D eigenvalue weighted by atomic mass is 35.5. The number of fused-ring (bicyclic) bond motifs is 1. The SMILES string of the molecule is Cl.NCC1CCCN(S(=O)(=O)c2ccc3ccccc3c2)C1. The summed E-state index contributed by atoms with van der Waals surface area (Å²) >= 11 is 0. The number of nitrogens with two attached hydrogens (primary N) is 1. The fraction of sp³-hybridized carbons (Fsp3) is 0.375. The third kappa shape index (κ3) is 3.27. The van der Waals surface area contributed by atoms with Crippen LogP contribution in [0.5, 0.6) is 0 Å². The molecule has 1 aliphatic heterocycles. The van der Waals surface area contributed by atoms with Gasteiger partial charge < -0.3 is 5.73 Å². The molecule has 1 saturated heterocycles. The van der Waals surface area contributed by atoms with Crippen LogP contribution in [0.3, 0.4) is 0 Å². The topological polar surface area (TPSA) is 63.4 Å². The Kier molecular flexibility index (Phi) is 5.45. The first-order valence-electron chi connectivity index (χ1n) is 7.30. The number of halogens is 1. The van der Waals surface area contributed by atoms with Crippen molar-refractivity contribution < 1.29 is 8.42 Å². The minimum Gasteiger partial charge on any atom is -0.330 e. The Bertz CT molecular complexity index is 749. The lowest BCUT2D eigenvalue weighted by Crippen LogP contribution is -2.41. The van der Waals surface area contributed by atoms with Gasteiger partial charge in [-0.05, 0) is 48.2 Å². The molecule has 6 heteroatoms. The molecule has 2 aromatic carbocycles.